The van der Waals surface area contributed by atoms with Crippen molar-refractivity contribution in [3.05, 3.63) is 59.6 Å². The van der Waals surface area contributed by atoms with Crippen LogP contribution in [0.2, 0.25) is 0 Å². The van der Waals surface area contributed by atoms with E-state index < -0.39 is 18.0 Å². The molecule has 0 radical (unpaired) electrons. The second-order valence-electron chi connectivity index (χ2n) is 7.59. The van der Waals surface area contributed by atoms with Crippen molar-refractivity contribution < 1.29 is 28.0 Å². The van der Waals surface area contributed by atoms with Crippen LogP contribution in [-0.4, -0.2) is 48.5 Å². The molecule has 4 rings (SSSR count). The molecule has 4 heterocycles. The third kappa shape index (κ3) is 4.70. The molecule has 32 heavy (non-hydrogen) atoms. The lowest BCUT2D eigenvalue weighted by Gasteiger charge is -2.31. The van der Waals surface area contributed by atoms with Crippen molar-refractivity contribution in [1.29, 1.82) is 0 Å². The highest BCUT2D eigenvalue weighted by molar-refractivity contribution is 5.95. The summed E-state index contributed by atoms with van der Waals surface area (Å²) in [6.45, 7) is 3.09. The van der Waals surface area contributed by atoms with E-state index in [2.05, 4.69) is 16.0 Å². The van der Waals surface area contributed by atoms with Crippen LogP contribution in [0.4, 0.5) is 4.79 Å². The number of ether oxygens (including phenoxy) is 1. The van der Waals surface area contributed by atoms with Gasteiger partial charge in [0, 0.05) is 12.2 Å². The maximum absolute atomic E-state index is 12.8. The average molecular weight is 442 g/mol. The third-order valence-electron chi connectivity index (χ3n) is 5.52. The lowest BCUT2D eigenvalue weighted by molar-refractivity contribution is -0.139. The number of hydrogen-bond donors (Lipinski definition) is 3. The van der Waals surface area contributed by atoms with Gasteiger partial charge in [0.25, 0.3) is 0 Å². The maximum atomic E-state index is 12.8. The number of nitrogens with one attached hydrogen (secondary N) is 3. The molecule has 2 aliphatic rings. The molecule has 1 saturated heterocycles. The van der Waals surface area contributed by atoms with Crippen molar-refractivity contribution in [3.8, 4) is 0 Å². The maximum Gasteiger partial charge on any atom is 0.338 e. The minimum Gasteiger partial charge on any atom is -0.467 e. The summed E-state index contributed by atoms with van der Waals surface area (Å²) in [7, 11) is 0. The number of amides is 3. The number of likely N-dealkylation sites (tertiary alicyclic amines) is 1. The standard InChI is InChI=1S/C22H26N4O6/c1-2-30-21(28)18-15(24-22(29)25-19(18)17-8-5-11-32-17)13-26-9-3-7-16(26)20(27)23-12-14-6-4-10-31-14/h4-6,8,10-11,16,19H,2-3,7,9,12-13H2,1H3,(H,23,27)(H2,24,25,29)/t16-,19+/m0/s1. The summed E-state index contributed by atoms with van der Waals surface area (Å²) in [4.78, 5) is 40.0. The van der Waals surface area contributed by atoms with Crippen LogP contribution in [0.15, 0.2) is 56.9 Å². The van der Waals surface area contributed by atoms with Gasteiger partial charge < -0.3 is 29.5 Å². The summed E-state index contributed by atoms with van der Waals surface area (Å²) in [6, 6.07) is 5.33. The van der Waals surface area contributed by atoms with Crippen molar-refractivity contribution in [2.24, 2.45) is 0 Å². The number of furan rings is 2. The van der Waals surface area contributed by atoms with Gasteiger partial charge in [0.1, 0.15) is 17.6 Å². The van der Waals surface area contributed by atoms with E-state index in [9.17, 15) is 14.4 Å². The predicted octanol–water partition coefficient (Wildman–Crippen LogP) is 1.82. The Hall–Kier alpha value is -3.53. The molecule has 0 aliphatic carbocycles. The Labute approximate surface area is 184 Å². The zero-order chi connectivity index (χ0) is 22.5. The molecule has 170 valence electrons. The zero-order valence-electron chi connectivity index (χ0n) is 17.8. The summed E-state index contributed by atoms with van der Waals surface area (Å²) >= 11 is 0. The van der Waals surface area contributed by atoms with Crippen LogP contribution in [0.3, 0.4) is 0 Å². The fourth-order valence-electron chi connectivity index (χ4n) is 4.08. The SMILES string of the molecule is CCOC(=O)C1=C(CN2CCC[C@H]2C(=O)NCc2ccco2)NC(=O)N[C@@H]1c1ccco1. The molecule has 3 N–H and O–H groups in total. The molecule has 2 aromatic heterocycles. The molecule has 2 aromatic rings. The van der Waals surface area contributed by atoms with Gasteiger partial charge in [0.2, 0.25) is 5.91 Å². The second kappa shape index (κ2) is 9.73. The lowest BCUT2D eigenvalue weighted by atomic mass is 9.99. The van der Waals surface area contributed by atoms with Crippen LogP contribution in [-0.2, 0) is 20.9 Å². The summed E-state index contributed by atoms with van der Waals surface area (Å²) < 4.78 is 16.0. The number of esters is 1. The van der Waals surface area contributed by atoms with Gasteiger partial charge >= 0.3 is 12.0 Å². The van der Waals surface area contributed by atoms with E-state index in [0.29, 0.717) is 36.7 Å². The lowest BCUT2D eigenvalue weighted by Crippen LogP contribution is -2.50. The van der Waals surface area contributed by atoms with Gasteiger partial charge in [-0.05, 0) is 50.6 Å². The number of carbonyl (C=O) groups excluding carboxylic acids is 3. The molecule has 0 aromatic carbocycles. The number of rotatable bonds is 8. The normalized spacial score (nSPS) is 21.2. The number of urea groups is 1. The van der Waals surface area contributed by atoms with Crippen LogP contribution < -0.4 is 16.0 Å². The molecule has 0 unspecified atom stereocenters. The van der Waals surface area contributed by atoms with E-state index >= 15 is 0 Å². The van der Waals surface area contributed by atoms with Gasteiger partial charge in [-0.3, -0.25) is 9.69 Å². The van der Waals surface area contributed by atoms with E-state index in [1.54, 1.807) is 37.5 Å². The largest absolute Gasteiger partial charge is 0.467 e. The summed E-state index contributed by atoms with van der Waals surface area (Å²) in [5, 5.41) is 8.35. The Morgan fingerprint density at radius 3 is 2.78 bits per heavy atom. The highest BCUT2D eigenvalue weighted by Crippen LogP contribution is 2.29. The molecular formula is C22H26N4O6. The van der Waals surface area contributed by atoms with Crippen LogP contribution >= 0.6 is 0 Å². The Morgan fingerprint density at radius 2 is 2.06 bits per heavy atom. The fourth-order valence-corrected chi connectivity index (χ4v) is 4.08. The fraction of sp³-hybridized carbons (Fsp3) is 0.409. The smallest absolute Gasteiger partial charge is 0.338 e. The van der Waals surface area contributed by atoms with Gasteiger partial charge in [-0.1, -0.05) is 0 Å². The summed E-state index contributed by atoms with van der Waals surface area (Å²) in [6.07, 6.45) is 4.54. The predicted molar refractivity (Wildman–Crippen MR) is 112 cm³/mol. The van der Waals surface area contributed by atoms with E-state index in [0.717, 1.165) is 6.42 Å². The van der Waals surface area contributed by atoms with Gasteiger partial charge in [-0.25, -0.2) is 9.59 Å². The molecule has 0 bridgehead atoms. The number of carbonyl (C=O) groups is 3. The molecule has 10 nitrogen and oxygen atoms in total. The van der Waals surface area contributed by atoms with Crippen molar-refractivity contribution in [1.82, 2.24) is 20.9 Å². The summed E-state index contributed by atoms with van der Waals surface area (Å²) in [5.74, 6) is 0.422. The van der Waals surface area contributed by atoms with Crippen molar-refractivity contribution in [3.63, 3.8) is 0 Å². The third-order valence-corrected chi connectivity index (χ3v) is 5.52. The van der Waals surface area contributed by atoms with Crippen LogP contribution in [0.5, 0.6) is 0 Å². The second-order valence-corrected chi connectivity index (χ2v) is 7.59. The van der Waals surface area contributed by atoms with Gasteiger partial charge in [-0.15, -0.1) is 0 Å². The van der Waals surface area contributed by atoms with Crippen molar-refractivity contribution in [2.45, 2.75) is 38.4 Å². The first-order valence-corrected chi connectivity index (χ1v) is 10.6. The molecular weight excluding hydrogens is 416 g/mol. The zero-order valence-corrected chi connectivity index (χ0v) is 17.8. The first kappa shape index (κ1) is 21.7. The molecule has 1 fully saturated rings. The topological polar surface area (TPSA) is 126 Å². The quantitative estimate of drug-likeness (QED) is 0.533. The van der Waals surface area contributed by atoms with E-state index in [4.69, 9.17) is 13.6 Å². The van der Waals surface area contributed by atoms with E-state index in [1.165, 1.54) is 6.26 Å². The minimum absolute atomic E-state index is 0.125. The Kier molecular flexibility index (Phi) is 6.60. The first-order valence-electron chi connectivity index (χ1n) is 10.6. The van der Waals surface area contributed by atoms with Gasteiger partial charge in [0.05, 0.1) is 37.3 Å². The van der Waals surface area contributed by atoms with Crippen LogP contribution in [0.25, 0.3) is 0 Å². The average Bonchev–Trinajstić information content (AvgIpc) is 3.54. The van der Waals surface area contributed by atoms with Crippen molar-refractivity contribution >= 4 is 17.9 Å². The monoisotopic (exact) mass is 442 g/mol. The van der Waals surface area contributed by atoms with Gasteiger partial charge in [-0.2, -0.15) is 0 Å². The number of hydrogen-bond acceptors (Lipinski definition) is 7. The first-order chi connectivity index (χ1) is 15.6. The number of nitrogens with zero attached hydrogens (tertiary/aromatic N) is 1. The van der Waals surface area contributed by atoms with Gasteiger partial charge in [0.15, 0.2) is 0 Å². The Morgan fingerprint density at radius 1 is 1.25 bits per heavy atom. The highest BCUT2D eigenvalue weighted by Gasteiger charge is 2.38. The Balaban J connectivity index is 1.55. The molecule has 3 amide bonds. The molecule has 10 heteroatoms. The highest BCUT2D eigenvalue weighted by atomic mass is 16.5. The van der Waals surface area contributed by atoms with E-state index in [-0.39, 0.29) is 30.7 Å². The molecule has 2 aliphatic heterocycles. The molecule has 0 spiro atoms. The summed E-state index contributed by atoms with van der Waals surface area (Å²) in [5.41, 5.74) is 0.669. The van der Waals surface area contributed by atoms with Crippen LogP contribution in [0.1, 0.15) is 37.3 Å². The molecule has 0 saturated carbocycles. The Bertz CT molecular complexity index is 982. The van der Waals surface area contributed by atoms with Crippen molar-refractivity contribution in [2.75, 3.05) is 19.7 Å². The molecule has 2 atom stereocenters. The van der Waals surface area contributed by atoms with E-state index in [1.807, 2.05) is 4.90 Å². The van der Waals surface area contributed by atoms with Crippen LogP contribution in [0, 0.1) is 0 Å². The minimum atomic E-state index is -0.776.